The second-order valence-corrected chi connectivity index (χ2v) is 6.07. The summed E-state index contributed by atoms with van der Waals surface area (Å²) in [4.78, 5) is 12.5. The number of hydrogen-bond acceptors (Lipinski definition) is 2. The molecule has 3 N–H and O–H groups in total. The number of nitrogens with one attached hydrogen (secondary N) is 1. The van der Waals surface area contributed by atoms with Crippen molar-refractivity contribution in [1.82, 2.24) is 5.32 Å². The molecular weight excluding hydrogens is 248 g/mol. The largest absolute Gasteiger partial charge is 0.399 e. The van der Waals surface area contributed by atoms with Crippen LogP contribution in [0.5, 0.6) is 0 Å². The van der Waals surface area contributed by atoms with Crippen LogP contribution in [0.15, 0.2) is 24.3 Å². The van der Waals surface area contributed by atoms with Crippen LogP contribution < -0.4 is 11.1 Å². The molecule has 0 bridgehead atoms. The van der Waals surface area contributed by atoms with E-state index in [0.29, 0.717) is 0 Å². The van der Waals surface area contributed by atoms with Gasteiger partial charge < -0.3 is 11.1 Å². The van der Waals surface area contributed by atoms with Gasteiger partial charge in [-0.05, 0) is 43.9 Å². The van der Waals surface area contributed by atoms with E-state index in [1.54, 1.807) is 0 Å². The fourth-order valence-electron chi connectivity index (χ4n) is 2.71. The van der Waals surface area contributed by atoms with Crippen LogP contribution in [0.4, 0.5) is 5.69 Å². The minimum Gasteiger partial charge on any atom is -0.399 e. The number of carbonyl (C=O) groups is 1. The number of nitrogen functional groups attached to an aromatic ring is 1. The van der Waals surface area contributed by atoms with Crippen LogP contribution >= 0.6 is 0 Å². The molecule has 3 nitrogen and oxygen atoms in total. The van der Waals surface area contributed by atoms with E-state index in [2.05, 4.69) is 19.2 Å². The minimum absolute atomic E-state index is 0.186. The Morgan fingerprint density at radius 1 is 1.30 bits per heavy atom. The van der Waals surface area contributed by atoms with Crippen molar-refractivity contribution in [3.05, 3.63) is 29.8 Å². The van der Waals surface area contributed by atoms with Gasteiger partial charge in [0.05, 0.1) is 5.41 Å². The van der Waals surface area contributed by atoms with E-state index >= 15 is 0 Å². The number of unbranched alkanes of at least 4 members (excludes halogenated alkanes) is 2. The number of anilines is 1. The molecule has 1 aliphatic carbocycles. The molecule has 1 aromatic rings. The highest BCUT2D eigenvalue weighted by Crippen LogP contribution is 2.48. The molecule has 2 rings (SSSR count). The molecule has 1 saturated carbocycles. The molecule has 1 atom stereocenters. The molecule has 1 fully saturated rings. The Balaban J connectivity index is 1.93. The molecule has 3 heteroatoms. The highest BCUT2D eigenvalue weighted by Gasteiger charge is 2.51. The van der Waals surface area contributed by atoms with Crippen molar-refractivity contribution in [2.24, 2.45) is 0 Å². The van der Waals surface area contributed by atoms with Crippen LogP contribution in [0.1, 0.15) is 57.9 Å². The van der Waals surface area contributed by atoms with Crippen molar-refractivity contribution in [3.8, 4) is 0 Å². The number of carbonyl (C=O) groups excluding carboxylic acids is 1. The van der Waals surface area contributed by atoms with Crippen molar-refractivity contribution in [3.63, 3.8) is 0 Å². The van der Waals surface area contributed by atoms with Gasteiger partial charge in [-0.25, -0.2) is 0 Å². The second kappa shape index (κ2) is 6.29. The molecule has 20 heavy (non-hydrogen) atoms. The molecule has 1 aromatic carbocycles. The molecule has 110 valence electrons. The molecule has 0 radical (unpaired) electrons. The summed E-state index contributed by atoms with van der Waals surface area (Å²) in [5.41, 5.74) is 7.28. The topological polar surface area (TPSA) is 55.1 Å². The summed E-state index contributed by atoms with van der Waals surface area (Å²) < 4.78 is 0. The fraction of sp³-hybridized carbons (Fsp3) is 0.588. The number of nitrogens with two attached hydrogens (primary N) is 1. The van der Waals surface area contributed by atoms with Gasteiger partial charge in [-0.2, -0.15) is 0 Å². The third-order valence-electron chi connectivity index (χ3n) is 4.27. The predicted molar refractivity (Wildman–Crippen MR) is 83.5 cm³/mol. The lowest BCUT2D eigenvalue weighted by Gasteiger charge is -2.20. The Labute approximate surface area is 121 Å². The van der Waals surface area contributed by atoms with Gasteiger partial charge in [-0.3, -0.25) is 4.79 Å². The lowest BCUT2D eigenvalue weighted by atomic mass is 9.94. The van der Waals surface area contributed by atoms with Gasteiger partial charge in [0.2, 0.25) is 5.91 Å². The second-order valence-electron chi connectivity index (χ2n) is 6.07. The Hall–Kier alpha value is -1.51. The van der Waals surface area contributed by atoms with Crippen LogP contribution in [0.25, 0.3) is 0 Å². The maximum Gasteiger partial charge on any atom is 0.230 e. The van der Waals surface area contributed by atoms with Crippen LogP contribution in [0.3, 0.4) is 0 Å². The average Bonchev–Trinajstić information content (AvgIpc) is 3.21. The number of benzene rings is 1. The molecular formula is C17H26N2O. The third-order valence-corrected chi connectivity index (χ3v) is 4.27. The maximum atomic E-state index is 12.5. The standard InChI is InChI=1S/C17H26N2O/c1-3-4-5-6-13(2)19-16(20)17(11-12-17)14-7-9-15(18)10-8-14/h7-10,13H,3-6,11-12,18H2,1-2H3,(H,19,20). The summed E-state index contributed by atoms with van der Waals surface area (Å²) in [6.45, 7) is 4.30. The molecule has 1 amide bonds. The SMILES string of the molecule is CCCCCC(C)NC(=O)C1(c2ccc(N)cc2)CC1. The van der Waals surface area contributed by atoms with Crippen LogP contribution in [0.2, 0.25) is 0 Å². The van der Waals surface area contributed by atoms with E-state index in [4.69, 9.17) is 5.73 Å². The van der Waals surface area contributed by atoms with Gasteiger partial charge in [-0.15, -0.1) is 0 Å². The van der Waals surface area contributed by atoms with E-state index in [-0.39, 0.29) is 17.4 Å². The van der Waals surface area contributed by atoms with E-state index in [1.165, 1.54) is 19.3 Å². The predicted octanol–water partition coefficient (Wildman–Crippen LogP) is 3.39. The monoisotopic (exact) mass is 274 g/mol. The van der Waals surface area contributed by atoms with Crippen LogP contribution in [-0.4, -0.2) is 11.9 Å². The van der Waals surface area contributed by atoms with E-state index < -0.39 is 0 Å². The molecule has 1 aliphatic rings. The van der Waals surface area contributed by atoms with Gasteiger partial charge in [-0.1, -0.05) is 38.3 Å². The molecule has 0 aromatic heterocycles. The Kier molecular flexibility index (Phi) is 4.69. The minimum atomic E-state index is -0.285. The lowest BCUT2D eigenvalue weighted by Crippen LogP contribution is -2.40. The molecule has 0 saturated heterocycles. The highest BCUT2D eigenvalue weighted by atomic mass is 16.2. The normalized spacial score (nSPS) is 17.5. The molecule has 1 unspecified atom stereocenters. The van der Waals surface area contributed by atoms with E-state index in [9.17, 15) is 4.79 Å². The van der Waals surface area contributed by atoms with Crippen molar-refractivity contribution >= 4 is 11.6 Å². The van der Waals surface area contributed by atoms with Gasteiger partial charge in [0, 0.05) is 11.7 Å². The van der Waals surface area contributed by atoms with Gasteiger partial charge in [0.15, 0.2) is 0 Å². The molecule has 0 aliphatic heterocycles. The summed E-state index contributed by atoms with van der Waals surface area (Å²) in [5.74, 6) is 0.186. The van der Waals surface area contributed by atoms with Gasteiger partial charge >= 0.3 is 0 Å². The summed E-state index contributed by atoms with van der Waals surface area (Å²) >= 11 is 0. The Morgan fingerprint density at radius 3 is 2.50 bits per heavy atom. The first-order valence-corrected chi connectivity index (χ1v) is 7.75. The summed E-state index contributed by atoms with van der Waals surface area (Å²) in [6.07, 6.45) is 6.61. The fourth-order valence-corrected chi connectivity index (χ4v) is 2.71. The maximum absolute atomic E-state index is 12.5. The number of hydrogen-bond donors (Lipinski definition) is 2. The average molecular weight is 274 g/mol. The first-order chi connectivity index (χ1) is 9.58. The number of rotatable bonds is 7. The van der Waals surface area contributed by atoms with Crippen molar-refractivity contribution in [2.75, 3.05) is 5.73 Å². The first kappa shape index (κ1) is 14.9. The van der Waals surface area contributed by atoms with E-state index in [1.807, 2.05) is 24.3 Å². The number of amides is 1. The van der Waals surface area contributed by atoms with Crippen molar-refractivity contribution in [1.29, 1.82) is 0 Å². The Bertz CT molecular complexity index is 449. The van der Waals surface area contributed by atoms with Crippen molar-refractivity contribution < 1.29 is 4.79 Å². The zero-order chi connectivity index (χ0) is 14.6. The third kappa shape index (κ3) is 3.33. The highest BCUT2D eigenvalue weighted by molar-refractivity contribution is 5.91. The first-order valence-electron chi connectivity index (χ1n) is 7.75. The summed E-state index contributed by atoms with van der Waals surface area (Å²) in [7, 11) is 0. The van der Waals surface area contributed by atoms with Gasteiger partial charge in [0.1, 0.15) is 0 Å². The zero-order valence-electron chi connectivity index (χ0n) is 12.6. The quantitative estimate of drug-likeness (QED) is 0.591. The smallest absolute Gasteiger partial charge is 0.230 e. The molecule has 0 spiro atoms. The van der Waals surface area contributed by atoms with Crippen molar-refractivity contribution in [2.45, 2.75) is 63.8 Å². The van der Waals surface area contributed by atoms with Gasteiger partial charge in [0.25, 0.3) is 0 Å². The summed E-state index contributed by atoms with van der Waals surface area (Å²) in [5, 5.41) is 3.18. The zero-order valence-corrected chi connectivity index (χ0v) is 12.6. The summed E-state index contributed by atoms with van der Waals surface area (Å²) in [6, 6.07) is 8.01. The van der Waals surface area contributed by atoms with Crippen LogP contribution in [0, 0.1) is 0 Å². The van der Waals surface area contributed by atoms with Crippen LogP contribution in [-0.2, 0) is 10.2 Å². The molecule has 0 heterocycles. The Morgan fingerprint density at radius 2 is 1.95 bits per heavy atom. The van der Waals surface area contributed by atoms with E-state index in [0.717, 1.165) is 30.5 Å². The lowest BCUT2D eigenvalue weighted by molar-refractivity contribution is -0.124.